The zero-order chi connectivity index (χ0) is 11.3. The molecule has 0 radical (unpaired) electrons. The van der Waals surface area contributed by atoms with Gasteiger partial charge in [0.25, 0.3) is 0 Å². The van der Waals surface area contributed by atoms with Crippen molar-refractivity contribution in [2.24, 2.45) is 5.41 Å². The van der Waals surface area contributed by atoms with Gasteiger partial charge in [0.1, 0.15) is 5.44 Å². The van der Waals surface area contributed by atoms with Crippen molar-refractivity contribution in [1.82, 2.24) is 0 Å². The molecule has 1 rings (SSSR count). The van der Waals surface area contributed by atoms with Crippen molar-refractivity contribution in [3.8, 4) is 0 Å². The van der Waals surface area contributed by atoms with Gasteiger partial charge in [0.05, 0.1) is 0 Å². The number of rotatable bonds is 5. The lowest BCUT2D eigenvalue weighted by Gasteiger charge is -2.27. The van der Waals surface area contributed by atoms with E-state index in [1.54, 1.807) is 7.11 Å². The van der Waals surface area contributed by atoms with Gasteiger partial charge in [0.2, 0.25) is 0 Å². The second-order valence-corrected chi connectivity index (χ2v) is 5.30. The fourth-order valence-corrected chi connectivity index (χ4v) is 2.27. The highest BCUT2D eigenvalue weighted by atomic mass is 32.1. The van der Waals surface area contributed by atoms with Crippen LogP contribution in [0.25, 0.3) is 0 Å². The first kappa shape index (κ1) is 12.6. The van der Waals surface area contributed by atoms with Crippen LogP contribution in [-0.4, -0.2) is 12.5 Å². The van der Waals surface area contributed by atoms with Crippen molar-refractivity contribution in [3.63, 3.8) is 0 Å². The zero-order valence-corrected chi connectivity index (χ0v) is 10.6. The summed E-state index contributed by atoms with van der Waals surface area (Å²) in [5.41, 5.74) is 1.63. The third-order valence-corrected chi connectivity index (χ3v) is 2.92. The molecule has 1 aromatic carbocycles. The highest BCUT2D eigenvalue weighted by Crippen LogP contribution is 2.29. The summed E-state index contributed by atoms with van der Waals surface area (Å²) >= 11 is 4.37. The van der Waals surface area contributed by atoms with Crippen LogP contribution in [0.2, 0.25) is 0 Å². The molecule has 15 heavy (non-hydrogen) atoms. The van der Waals surface area contributed by atoms with E-state index in [0.717, 1.165) is 12.8 Å². The summed E-state index contributed by atoms with van der Waals surface area (Å²) in [4.78, 5) is 0. The molecule has 1 aromatic rings. The highest BCUT2D eigenvalue weighted by Gasteiger charge is 2.21. The van der Waals surface area contributed by atoms with Crippen LogP contribution in [0.3, 0.4) is 0 Å². The van der Waals surface area contributed by atoms with Crippen LogP contribution in [0.5, 0.6) is 0 Å². The summed E-state index contributed by atoms with van der Waals surface area (Å²) in [6.45, 7) is 4.50. The second kappa shape index (κ2) is 5.57. The van der Waals surface area contributed by atoms with Gasteiger partial charge in [-0.25, -0.2) is 0 Å². The molecule has 0 bridgehead atoms. The van der Waals surface area contributed by atoms with E-state index in [4.69, 9.17) is 4.74 Å². The first-order valence-electron chi connectivity index (χ1n) is 5.28. The molecule has 1 unspecified atom stereocenters. The molecule has 0 N–H and O–H groups in total. The first-order chi connectivity index (χ1) is 7.03. The topological polar surface area (TPSA) is 9.23 Å². The Bertz CT molecular complexity index is 282. The molecular weight excluding hydrogens is 204 g/mol. The summed E-state index contributed by atoms with van der Waals surface area (Å²) in [6, 6.07) is 10.6. The molecule has 0 spiro atoms. The minimum absolute atomic E-state index is 0.0312. The average Bonchev–Trinajstić information content (AvgIpc) is 2.17. The lowest BCUT2D eigenvalue weighted by atomic mass is 9.83. The Kier molecular flexibility index (Phi) is 4.68. The molecular formula is C13H20OS. The maximum atomic E-state index is 5.19. The summed E-state index contributed by atoms with van der Waals surface area (Å²) in [7, 11) is 1.70. The lowest BCUT2D eigenvalue weighted by molar-refractivity contribution is 0.127. The predicted octanol–water partition coefficient (Wildman–Crippen LogP) is 3.55. The molecule has 1 nitrogen and oxygen atoms in total. The quantitative estimate of drug-likeness (QED) is 0.594. The molecule has 0 aliphatic rings. The molecule has 84 valence electrons. The Balaban J connectivity index is 2.56. The van der Waals surface area contributed by atoms with Gasteiger partial charge in [-0.1, -0.05) is 44.2 Å². The summed E-state index contributed by atoms with van der Waals surface area (Å²) in [5, 5.41) is 0. The number of thiol groups is 1. The van der Waals surface area contributed by atoms with Crippen LogP contribution in [0.15, 0.2) is 30.3 Å². The molecule has 0 saturated carbocycles. The lowest BCUT2D eigenvalue weighted by Crippen LogP contribution is -2.21. The fraction of sp³-hybridized carbons (Fsp3) is 0.538. The number of methoxy groups -OCH3 is 1. The van der Waals surface area contributed by atoms with Crippen molar-refractivity contribution in [3.05, 3.63) is 35.9 Å². The molecule has 2 heteroatoms. The van der Waals surface area contributed by atoms with Gasteiger partial charge >= 0.3 is 0 Å². The monoisotopic (exact) mass is 224 g/mol. The van der Waals surface area contributed by atoms with Gasteiger partial charge in [0.15, 0.2) is 0 Å². The Hall–Kier alpha value is -0.470. The Morgan fingerprint density at radius 1 is 1.27 bits per heavy atom. The largest absolute Gasteiger partial charge is 0.371 e. The van der Waals surface area contributed by atoms with Crippen LogP contribution < -0.4 is 0 Å². The molecule has 0 heterocycles. The highest BCUT2D eigenvalue weighted by molar-refractivity contribution is 7.80. The maximum absolute atomic E-state index is 5.19. The predicted molar refractivity (Wildman–Crippen MR) is 68.3 cm³/mol. The van der Waals surface area contributed by atoms with Crippen molar-refractivity contribution >= 4 is 12.6 Å². The van der Waals surface area contributed by atoms with E-state index in [1.165, 1.54) is 5.56 Å². The normalized spacial score (nSPS) is 13.9. The van der Waals surface area contributed by atoms with Crippen LogP contribution in [-0.2, 0) is 11.2 Å². The Labute approximate surface area is 98.3 Å². The Morgan fingerprint density at radius 2 is 1.87 bits per heavy atom. The van der Waals surface area contributed by atoms with Crippen molar-refractivity contribution in [2.45, 2.75) is 32.1 Å². The van der Waals surface area contributed by atoms with E-state index in [9.17, 15) is 0 Å². The van der Waals surface area contributed by atoms with Crippen LogP contribution >= 0.6 is 12.6 Å². The van der Waals surface area contributed by atoms with Gasteiger partial charge in [-0.05, 0) is 23.8 Å². The average molecular weight is 224 g/mol. The zero-order valence-electron chi connectivity index (χ0n) is 9.73. The number of benzene rings is 1. The third kappa shape index (κ3) is 4.72. The summed E-state index contributed by atoms with van der Waals surface area (Å²) < 4.78 is 5.19. The van der Waals surface area contributed by atoms with Crippen LogP contribution in [0.4, 0.5) is 0 Å². The second-order valence-electron chi connectivity index (χ2n) is 4.72. The van der Waals surface area contributed by atoms with Crippen LogP contribution in [0, 0.1) is 5.41 Å². The minimum Gasteiger partial charge on any atom is -0.371 e. The minimum atomic E-state index is 0.0312. The van der Waals surface area contributed by atoms with E-state index in [1.807, 2.05) is 6.07 Å². The maximum Gasteiger partial charge on any atom is 0.100 e. The number of hydrogen-bond acceptors (Lipinski definition) is 2. The first-order valence-corrected chi connectivity index (χ1v) is 5.80. The molecule has 0 amide bonds. The number of ether oxygens (including phenoxy) is 1. The van der Waals surface area contributed by atoms with Gasteiger partial charge in [-0.2, -0.15) is 0 Å². The molecule has 0 saturated heterocycles. The van der Waals surface area contributed by atoms with Gasteiger partial charge in [-0.15, -0.1) is 12.6 Å². The van der Waals surface area contributed by atoms with E-state index in [0.29, 0.717) is 0 Å². The van der Waals surface area contributed by atoms with Crippen molar-refractivity contribution < 1.29 is 4.74 Å². The molecule has 0 aliphatic carbocycles. The SMILES string of the molecule is COC(S)CC(C)(C)Cc1ccccc1. The summed E-state index contributed by atoms with van der Waals surface area (Å²) in [5.74, 6) is 0. The Morgan fingerprint density at radius 3 is 2.40 bits per heavy atom. The number of hydrogen-bond donors (Lipinski definition) is 1. The van der Waals surface area contributed by atoms with Crippen LogP contribution in [0.1, 0.15) is 25.8 Å². The van der Waals surface area contributed by atoms with E-state index in [2.05, 4.69) is 50.7 Å². The van der Waals surface area contributed by atoms with Gasteiger partial charge in [0, 0.05) is 7.11 Å². The van der Waals surface area contributed by atoms with Crippen molar-refractivity contribution in [2.75, 3.05) is 7.11 Å². The van der Waals surface area contributed by atoms with E-state index < -0.39 is 0 Å². The fourth-order valence-electron chi connectivity index (χ4n) is 1.78. The molecule has 1 atom stereocenters. The summed E-state index contributed by atoms with van der Waals surface area (Å²) in [6.07, 6.45) is 2.02. The van der Waals surface area contributed by atoms with Gasteiger partial charge < -0.3 is 4.74 Å². The van der Waals surface area contributed by atoms with E-state index >= 15 is 0 Å². The standard InChI is InChI=1S/C13H20OS/c1-13(2,10-12(15)14-3)9-11-7-5-4-6-8-11/h4-8,12,15H,9-10H2,1-3H3. The van der Waals surface area contributed by atoms with Gasteiger partial charge in [-0.3, -0.25) is 0 Å². The van der Waals surface area contributed by atoms with E-state index in [-0.39, 0.29) is 10.9 Å². The molecule has 0 aliphatic heterocycles. The third-order valence-electron chi connectivity index (χ3n) is 2.52. The van der Waals surface area contributed by atoms with Crippen molar-refractivity contribution in [1.29, 1.82) is 0 Å². The molecule has 0 fully saturated rings. The smallest absolute Gasteiger partial charge is 0.100 e. The molecule has 0 aromatic heterocycles.